The van der Waals surface area contributed by atoms with Crippen molar-refractivity contribution in [3.63, 3.8) is 0 Å². The molecular weight excluding hydrogens is 492 g/mol. The first-order chi connectivity index (χ1) is 19.0. The third-order valence-electron chi connectivity index (χ3n) is 8.34. The summed E-state index contributed by atoms with van der Waals surface area (Å²) in [6.07, 6.45) is 11.8. The zero-order valence-corrected chi connectivity index (χ0v) is 22.8. The highest BCUT2D eigenvalue weighted by atomic mass is 16.5. The molecule has 3 aromatic rings. The van der Waals surface area contributed by atoms with Crippen LogP contribution in [0.25, 0.3) is 21.5 Å². The van der Waals surface area contributed by atoms with Crippen molar-refractivity contribution in [3.05, 3.63) is 48.0 Å². The lowest BCUT2D eigenvalue weighted by Crippen LogP contribution is -2.14. The maximum Gasteiger partial charge on any atom is 0.338 e. The molecule has 0 atom stereocenters. The summed E-state index contributed by atoms with van der Waals surface area (Å²) < 4.78 is 17.4. The average Bonchev–Trinajstić information content (AvgIpc) is 3.67. The van der Waals surface area contributed by atoms with Crippen molar-refractivity contribution in [3.8, 4) is 11.5 Å². The highest BCUT2D eigenvalue weighted by Gasteiger charge is 2.26. The zero-order valence-electron chi connectivity index (χ0n) is 22.8. The van der Waals surface area contributed by atoms with Gasteiger partial charge in [-0.05, 0) is 37.7 Å². The Morgan fingerprint density at radius 1 is 0.692 bits per heavy atom. The lowest BCUT2D eigenvalue weighted by atomic mass is 9.96. The van der Waals surface area contributed by atoms with E-state index in [1.807, 2.05) is 24.3 Å². The van der Waals surface area contributed by atoms with E-state index in [1.165, 1.54) is 38.5 Å². The summed E-state index contributed by atoms with van der Waals surface area (Å²) in [5.41, 5.74) is 0.280. The first kappa shape index (κ1) is 27.2. The van der Waals surface area contributed by atoms with Crippen LogP contribution in [-0.4, -0.2) is 24.5 Å². The average molecular weight is 531 g/mol. The molecule has 2 fully saturated rings. The van der Waals surface area contributed by atoms with Crippen LogP contribution in [0.1, 0.15) is 94.3 Å². The van der Waals surface area contributed by atoms with Crippen LogP contribution in [0, 0.1) is 11.8 Å². The first-order valence-corrected chi connectivity index (χ1v) is 14.6. The monoisotopic (exact) mass is 530 g/mol. The molecule has 0 heterocycles. The van der Waals surface area contributed by atoms with Crippen LogP contribution < -0.4 is 9.47 Å². The molecule has 2 saturated carbocycles. The molecule has 0 amide bonds. The molecule has 0 N–H and O–H groups in total. The molecule has 2 aliphatic rings. The van der Waals surface area contributed by atoms with E-state index in [1.54, 1.807) is 25.1 Å². The topological polar surface area (TPSA) is 78.9 Å². The lowest BCUT2D eigenvalue weighted by molar-refractivity contribution is -0.135. The summed E-state index contributed by atoms with van der Waals surface area (Å²) in [7, 11) is 0. The summed E-state index contributed by atoms with van der Waals surface area (Å²) in [5.74, 6) is 0.699. The Morgan fingerprint density at radius 2 is 1.21 bits per heavy atom. The van der Waals surface area contributed by atoms with Crippen LogP contribution in [0.3, 0.4) is 0 Å². The zero-order chi connectivity index (χ0) is 27.2. The van der Waals surface area contributed by atoms with Gasteiger partial charge in [0, 0.05) is 34.4 Å². The number of ether oxygens (including phenoxy) is 3. The molecule has 206 valence electrons. The Morgan fingerprint density at radius 3 is 1.77 bits per heavy atom. The van der Waals surface area contributed by atoms with E-state index in [2.05, 4.69) is 0 Å². The molecule has 6 nitrogen and oxygen atoms in total. The van der Waals surface area contributed by atoms with E-state index in [4.69, 9.17) is 14.2 Å². The van der Waals surface area contributed by atoms with E-state index in [-0.39, 0.29) is 24.1 Å². The van der Waals surface area contributed by atoms with Crippen LogP contribution in [0.2, 0.25) is 0 Å². The van der Waals surface area contributed by atoms with Crippen LogP contribution in [0.5, 0.6) is 11.5 Å². The van der Waals surface area contributed by atoms with Crippen molar-refractivity contribution in [2.24, 2.45) is 11.8 Å². The summed E-state index contributed by atoms with van der Waals surface area (Å²) in [6, 6.07) is 12.6. The van der Waals surface area contributed by atoms with Crippen LogP contribution in [-0.2, 0) is 14.3 Å². The van der Waals surface area contributed by atoms with Crippen molar-refractivity contribution in [1.82, 2.24) is 0 Å². The minimum absolute atomic E-state index is 0.211. The van der Waals surface area contributed by atoms with Gasteiger partial charge in [0.2, 0.25) is 0 Å². The minimum atomic E-state index is -0.514. The molecule has 0 bridgehead atoms. The van der Waals surface area contributed by atoms with Gasteiger partial charge in [-0.3, -0.25) is 9.59 Å². The Kier molecular flexibility index (Phi) is 8.80. The maximum atomic E-state index is 13.1. The summed E-state index contributed by atoms with van der Waals surface area (Å²) >= 11 is 0. The van der Waals surface area contributed by atoms with Gasteiger partial charge in [0.1, 0.15) is 11.5 Å². The number of hydrogen-bond donors (Lipinski definition) is 0. The first-order valence-electron chi connectivity index (χ1n) is 14.6. The molecule has 5 rings (SSSR count). The Balaban J connectivity index is 1.54. The number of esters is 3. The molecule has 0 unspecified atom stereocenters. The van der Waals surface area contributed by atoms with Gasteiger partial charge in [-0.25, -0.2) is 4.79 Å². The smallest absolute Gasteiger partial charge is 0.338 e. The Hall–Kier alpha value is -3.41. The number of benzene rings is 3. The van der Waals surface area contributed by atoms with E-state index in [9.17, 15) is 14.4 Å². The third kappa shape index (κ3) is 6.26. The van der Waals surface area contributed by atoms with Crippen molar-refractivity contribution in [2.45, 2.75) is 84.0 Å². The molecule has 0 spiro atoms. The molecule has 3 aromatic carbocycles. The highest BCUT2D eigenvalue weighted by Crippen LogP contribution is 2.45. The van der Waals surface area contributed by atoms with E-state index >= 15 is 0 Å². The Bertz CT molecular complexity index is 1350. The van der Waals surface area contributed by atoms with Crippen molar-refractivity contribution < 1.29 is 28.6 Å². The summed E-state index contributed by atoms with van der Waals surface area (Å²) in [4.78, 5) is 39.2. The number of rotatable bonds is 10. The van der Waals surface area contributed by atoms with Gasteiger partial charge in [-0.15, -0.1) is 0 Å². The van der Waals surface area contributed by atoms with Crippen LogP contribution >= 0.6 is 0 Å². The third-order valence-corrected chi connectivity index (χ3v) is 8.34. The molecule has 0 radical (unpaired) electrons. The van der Waals surface area contributed by atoms with Crippen LogP contribution in [0.4, 0.5) is 0 Å². The predicted octanol–water partition coefficient (Wildman–Crippen LogP) is 7.92. The van der Waals surface area contributed by atoms with E-state index < -0.39 is 5.97 Å². The second-order valence-electron chi connectivity index (χ2n) is 11.0. The highest BCUT2D eigenvalue weighted by molar-refractivity contribution is 6.18. The molecule has 0 saturated heterocycles. The second kappa shape index (κ2) is 12.6. The summed E-state index contributed by atoms with van der Waals surface area (Å²) in [5, 5.41) is 2.27. The molecule has 0 aromatic heterocycles. The fraction of sp³-hybridized carbons (Fsp3) is 0.485. The van der Waals surface area contributed by atoms with Gasteiger partial charge < -0.3 is 14.2 Å². The quantitative estimate of drug-likeness (QED) is 0.150. The largest absolute Gasteiger partial charge is 0.462 e. The van der Waals surface area contributed by atoms with Crippen molar-refractivity contribution >= 4 is 39.5 Å². The lowest BCUT2D eigenvalue weighted by Gasteiger charge is -2.19. The van der Waals surface area contributed by atoms with E-state index in [0.717, 1.165) is 25.7 Å². The standard InChI is InChI=1S/C33H38O6/c1-2-37-33(36)27-17-9-16-26-30(27)32(39-29(35)21-19-23-12-5-6-13-23)25-15-8-7-14-24(25)31(26)38-28(34)20-18-22-10-3-4-11-22/h7-9,14-17,22-23H,2-6,10-13,18-21H2,1H3. The number of fused-ring (bicyclic) bond motifs is 2. The summed E-state index contributed by atoms with van der Waals surface area (Å²) in [6.45, 7) is 1.96. The van der Waals surface area contributed by atoms with Crippen LogP contribution in [0.15, 0.2) is 42.5 Å². The molecule has 39 heavy (non-hydrogen) atoms. The molecule has 2 aliphatic carbocycles. The molecule has 0 aliphatic heterocycles. The Labute approximate surface area is 230 Å². The SMILES string of the molecule is CCOC(=O)c1cccc2c(OC(=O)CCC3CCCC3)c3ccccc3c(OC(=O)CCC3CCCC3)c12. The molecular formula is C33H38O6. The van der Waals surface area contributed by atoms with Gasteiger partial charge in [-0.1, -0.05) is 87.8 Å². The maximum absolute atomic E-state index is 13.1. The van der Waals surface area contributed by atoms with Crippen molar-refractivity contribution in [2.75, 3.05) is 6.61 Å². The normalized spacial score (nSPS) is 16.1. The predicted molar refractivity (Wildman–Crippen MR) is 151 cm³/mol. The second-order valence-corrected chi connectivity index (χ2v) is 11.0. The van der Waals surface area contributed by atoms with Gasteiger partial charge >= 0.3 is 17.9 Å². The molecule has 6 heteroatoms. The van der Waals surface area contributed by atoms with Gasteiger partial charge in [0.05, 0.1) is 12.2 Å². The number of carbonyl (C=O) groups is 3. The van der Waals surface area contributed by atoms with Gasteiger partial charge in [0.25, 0.3) is 0 Å². The van der Waals surface area contributed by atoms with Gasteiger partial charge in [-0.2, -0.15) is 0 Å². The van der Waals surface area contributed by atoms with Gasteiger partial charge in [0.15, 0.2) is 0 Å². The van der Waals surface area contributed by atoms with E-state index in [0.29, 0.717) is 57.7 Å². The fourth-order valence-corrected chi connectivity index (χ4v) is 6.31. The minimum Gasteiger partial charge on any atom is -0.462 e. The number of hydrogen-bond acceptors (Lipinski definition) is 6. The fourth-order valence-electron chi connectivity index (χ4n) is 6.31. The van der Waals surface area contributed by atoms with Crippen molar-refractivity contribution in [1.29, 1.82) is 0 Å². The number of carbonyl (C=O) groups excluding carboxylic acids is 3.